The number of carbonyl (C=O) groups is 1. The van der Waals surface area contributed by atoms with Gasteiger partial charge in [-0.25, -0.2) is 4.68 Å². The van der Waals surface area contributed by atoms with E-state index in [-0.39, 0.29) is 17.2 Å². The average molecular weight is 371 g/mol. The summed E-state index contributed by atoms with van der Waals surface area (Å²) in [5, 5.41) is 19.2. The second-order valence-corrected chi connectivity index (χ2v) is 7.18. The van der Waals surface area contributed by atoms with E-state index < -0.39 is 0 Å². The normalized spacial score (nSPS) is 13.3. The average Bonchev–Trinajstić information content (AvgIpc) is 3.31. The number of nitrogens with one attached hydrogen (secondary N) is 1. The number of amides is 1. The number of thioether (sulfide) groups is 1. The van der Waals surface area contributed by atoms with Crippen LogP contribution >= 0.6 is 11.8 Å². The molecule has 26 heavy (non-hydrogen) atoms. The van der Waals surface area contributed by atoms with Crippen molar-refractivity contribution < 1.29 is 4.79 Å². The second kappa shape index (κ2) is 8.13. The Morgan fingerprint density at radius 3 is 2.73 bits per heavy atom. The third kappa shape index (κ3) is 3.93. The molecule has 0 radical (unpaired) electrons. The smallest absolute Gasteiger partial charge is 0.238 e. The number of hydrogen-bond acceptors (Lipinski definition) is 6. The Labute approximate surface area is 156 Å². The molecule has 0 saturated heterocycles. The molecule has 0 fully saturated rings. The summed E-state index contributed by atoms with van der Waals surface area (Å²) in [7, 11) is 0. The number of tetrazole rings is 1. The second-order valence-electron chi connectivity index (χ2n) is 5.88. The molecule has 2 aromatic heterocycles. The van der Waals surface area contributed by atoms with Crippen LogP contribution in [0.25, 0.3) is 5.69 Å². The lowest BCUT2D eigenvalue weighted by Crippen LogP contribution is -2.25. The Kier molecular flexibility index (Phi) is 5.67. The topological polar surface area (TPSA) is 90.5 Å². The van der Waals surface area contributed by atoms with Gasteiger partial charge in [0.2, 0.25) is 11.1 Å². The minimum atomic E-state index is -0.372. The van der Waals surface area contributed by atoms with Gasteiger partial charge in [-0.2, -0.15) is 9.78 Å². The third-order valence-electron chi connectivity index (χ3n) is 4.02. The van der Waals surface area contributed by atoms with Gasteiger partial charge in [-0.3, -0.25) is 4.79 Å². The lowest BCUT2D eigenvalue weighted by molar-refractivity contribution is -0.115. The molecule has 0 unspecified atom stereocenters. The Morgan fingerprint density at radius 1 is 1.23 bits per heavy atom. The molecule has 0 bridgehead atoms. The molecule has 1 amide bonds. The zero-order valence-electron chi connectivity index (χ0n) is 14.9. The molecule has 1 N–H and O–H groups in total. The van der Waals surface area contributed by atoms with Crippen molar-refractivity contribution in [2.75, 3.05) is 5.32 Å². The van der Waals surface area contributed by atoms with Crippen molar-refractivity contribution in [1.82, 2.24) is 30.0 Å². The fourth-order valence-corrected chi connectivity index (χ4v) is 3.17. The van der Waals surface area contributed by atoms with Crippen LogP contribution in [0.4, 0.5) is 5.82 Å². The van der Waals surface area contributed by atoms with Crippen LogP contribution in [0.1, 0.15) is 33.2 Å². The first-order chi connectivity index (χ1) is 12.6. The maximum atomic E-state index is 12.6. The standard InChI is InChI=1S/C17H21N7OS/c1-4-12(2)23-15(10-11-18-23)19-16(25)13(3)26-17-20-21-22-24(17)14-8-6-5-7-9-14/h5-13H,4H2,1-3H3,(H,19,25)/t12-,13+/m0/s1. The van der Waals surface area contributed by atoms with E-state index in [2.05, 4.69) is 39.8 Å². The molecule has 2 heterocycles. The molecule has 3 aromatic rings. The van der Waals surface area contributed by atoms with E-state index >= 15 is 0 Å². The van der Waals surface area contributed by atoms with Crippen molar-refractivity contribution in [2.24, 2.45) is 0 Å². The van der Waals surface area contributed by atoms with Crippen molar-refractivity contribution in [3.05, 3.63) is 42.6 Å². The van der Waals surface area contributed by atoms with E-state index in [1.54, 1.807) is 16.9 Å². The van der Waals surface area contributed by atoms with Gasteiger partial charge in [-0.15, -0.1) is 5.10 Å². The molecule has 1 aromatic carbocycles. The quantitative estimate of drug-likeness (QED) is 0.642. The summed E-state index contributed by atoms with van der Waals surface area (Å²) in [6.45, 7) is 5.97. The van der Waals surface area contributed by atoms with E-state index in [1.165, 1.54) is 11.8 Å². The Bertz CT molecular complexity index is 861. The molecule has 2 atom stereocenters. The van der Waals surface area contributed by atoms with Crippen molar-refractivity contribution in [3.63, 3.8) is 0 Å². The van der Waals surface area contributed by atoms with E-state index in [0.29, 0.717) is 11.0 Å². The number of para-hydroxylation sites is 1. The molecule has 0 aliphatic rings. The molecular formula is C17H21N7OS. The van der Waals surface area contributed by atoms with Crippen LogP contribution in [-0.2, 0) is 4.79 Å². The Morgan fingerprint density at radius 2 is 2.00 bits per heavy atom. The van der Waals surface area contributed by atoms with E-state index in [0.717, 1.165) is 12.1 Å². The van der Waals surface area contributed by atoms with Gasteiger partial charge in [0.1, 0.15) is 5.82 Å². The first-order valence-electron chi connectivity index (χ1n) is 8.45. The van der Waals surface area contributed by atoms with Crippen LogP contribution in [0.3, 0.4) is 0 Å². The predicted molar refractivity (Wildman–Crippen MR) is 100 cm³/mol. The van der Waals surface area contributed by atoms with Gasteiger partial charge in [0.05, 0.1) is 23.2 Å². The minimum Gasteiger partial charge on any atom is -0.310 e. The number of carbonyl (C=O) groups excluding carboxylic acids is 1. The Balaban J connectivity index is 1.70. The van der Waals surface area contributed by atoms with Crippen molar-refractivity contribution >= 4 is 23.5 Å². The SMILES string of the molecule is CC[C@H](C)n1nccc1NC(=O)[C@@H](C)Sc1nnnn1-c1ccccc1. The maximum Gasteiger partial charge on any atom is 0.238 e. The van der Waals surface area contributed by atoms with Gasteiger partial charge < -0.3 is 5.32 Å². The van der Waals surface area contributed by atoms with Crippen molar-refractivity contribution in [2.45, 2.75) is 43.6 Å². The molecule has 3 rings (SSSR count). The maximum absolute atomic E-state index is 12.6. The summed E-state index contributed by atoms with van der Waals surface area (Å²) in [5.74, 6) is 0.571. The van der Waals surface area contributed by atoms with Crippen LogP contribution in [0.2, 0.25) is 0 Å². The van der Waals surface area contributed by atoms with Crippen LogP contribution in [0.15, 0.2) is 47.8 Å². The Hall–Kier alpha value is -2.68. The predicted octanol–water partition coefficient (Wildman–Crippen LogP) is 2.95. The minimum absolute atomic E-state index is 0.123. The highest BCUT2D eigenvalue weighted by Gasteiger charge is 2.21. The zero-order chi connectivity index (χ0) is 18.5. The summed E-state index contributed by atoms with van der Waals surface area (Å²) in [4.78, 5) is 12.6. The molecule has 9 heteroatoms. The van der Waals surface area contributed by atoms with Gasteiger partial charge >= 0.3 is 0 Å². The highest BCUT2D eigenvalue weighted by Crippen LogP contribution is 2.24. The fourth-order valence-electron chi connectivity index (χ4n) is 2.36. The van der Waals surface area contributed by atoms with E-state index in [4.69, 9.17) is 0 Å². The highest BCUT2D eigenvalue weighted by atomic mass is 32.2. The number of nitrogens with zero attached hydrogens (tertiary/aromatic N) is 6. The largest absolute Gasteiger partial charge is 0.310 e. The summed E-state index contributed by atoms with van der Waals surface area (Å²) in [6, 6.07) is 11.6. The van der Waals surface area contributed by atoms with Crippen LogP contribution in [-0.4, -0.2) is 41.1 Å². The van der Waals surface area contributed by atoms with Crippen molar-refractivity contribution in [3.8, 4) is 5.69 Å². The van der Waals surface area contributed by atoms with Gasteiger partial charge in [0.15, 0.2) is 0 Å². The lowest BCUT2D eigenvalue weighted by Gasteiger charge is -2.16. The van der Waals surface area contributed by atoms with Gasteiger partial charge in [0, 0.05) is 6.07 Å². The highest BCUT2D eigenvalue weighted by molar-refractivity contribution is 8.00. The summed E-state index contributed by atoms with van der Waals surface area (Å²) in [6.07, 6.45) is 2.62. The van der Waals surface area contributed by atoms with Crippen LogP contribution in [0, 0.1) is 0 Å². The molecule has 8 nitrogen and oxygen atoms in total. The fraction of sp³-hybridized carbons (Fsp3) is 0.353. The van der Waals surface area contributed by atoms with Gasteiger partial charge in [0.25, 0.3) is 0 Å². The molecule has 0 saturated carbocycles. The van der Waals surface area contributed by atoms with E-state index in [1.807, 2.05) is 41.9 Å². The molecule has 0 spiro atoms. The molecule has 0 aliphatic heterocycles. The zero-order valence-corrected chi connectivity index (χ0v) is 15.7. The molecular weight excluding hydrogens is 350 g/mol. The number of anilines is 1. The van der Waals surface area contributed by atoms with Crippen molar-refractivity contribution in [1.29, 1.82) is 0 Å². The summed E-state index contributed by atoms with van der Waals surface area (Å²) < 4.78 is 3.45. The van der Waals surface area contributed by atoms with Crippen LogP contribution < -0.4 is 5.32 Å². The van der Waals surface area contributed by atoms with E-state index in [9.17, 15) is 4.79 Å². The summed E-state index contributed by atoms with van der Waals surface area (Å²) in [5.41, 5.74) is 0.849. The number of aromatic nitrogens is 6. The number of rotatable bonds is 7. The first kappa shape index (κ1) is 18.1. The van der Waals surface area contributed by atoms with Crippen LogP contribution in [0.5, 0.6) is 0 Å². The van der Waals surface area contributed by atoms with Gasteiger partial charge in [-0.1, -0.05) is 36.9 Å². The van der Waals surface area contributed by atoms with Gasteiger partial charge in [-0.05, 0) is 42.8 Å². The first-order valence-corrected chi connectivity index (χ1v) is 9.33. The molecule has 0 aliphatic carbocycles. The lowest BCUT2D eigenvalue weighted by atomic mass is 10.3. The third-order valence-corrected chi connectivity index (χ3v) is 5.06. The monoisotopic (exact) mass is 371 g/mol. The number of hydrogen-bond donors (Lipinski definition) is 1. The number of benzene rings is 1. The summed E-state index contributed by atoms with van der Waals surface area (Å²) >= 11 is 1.31. The molecule has 136 valence electrons.